The number of nitrogens with zero attached hydrogens (tertiary/aromatic N) is 4. The maximum absolute atomic E-state index is 14.0. The van der Waals surface area contributed by atoms with Crippen molar-refractivity contribution in [2.75, 3.05) is 55.6 Å². The van der Waals surface area contributed by atoms with Crippen LogP contribution in [-0.2, 0) is 40.3 Å². The van der Waals surface area contributed by atoms with Crippen molar-refractivity contribution in [3.05, 3.63) is 120 Å². The lowest BCUT2D eigenvalue weighted by molar-refractivity contribution is -0.0384. The molecule has 0 radical (unpaired) electrons. The summed E-state index contributed by atoms with van der Waals surface area (Å²) in [5.74, 6) is 0.639. The van der Waals surface area contributed by atoms with E-state index in [0.29, 0.717) is 55.1 Å². The van der Waals surface area contributed by atoms with Crippen LogP contribution < -0.4 is 15.4 Å². The molecule has 1 fully saturated rings. The topological polar surface area (TPSA) is 120 Å². The molecule has 0 spiro atoms. The van der Waals surface area contributed by atoms with Crippen LogP contribution in [0.4, 0.5) is 29.1 Å². The van der Waals surface area contributed by atoms with Gasteiger partial charge in [-0.15, -0.1) is 0 Å². The zero-order valence-corrected chi connectivity index (χ0v) is 36.4. The lowest BCUT2D eigenvalue weighted by Crippen LogP contribution is -2.46. The van der Waals surface area contributed by atoms with Gasteiger partial charge < -0.3 is 10.6 Å². The van der Waals surface area contributed by atoms with Crippen molar-refractivity contribution in [2.45, 2.75) is 71.8 Å². The minimum atomic E-state index is -5.11. The average Bonchev–Trinajstić information content (AvgIpc) is 3.26. The normalized spacial score (nSPS) is 18.7. The zero-order chi connectivity index (χ0) is 43.0. The second-order valence-electron chi connectivity index (χ2n) is 15.6. The third kappa shape index (κ3) is 11.7. The monoisotopic (exact) mass is 897 g/mol. The number of likely N-dealkylation sites (tertiary alicyclic amines) is 1. The number of thioether (sulfide) groups is 1. The standard InChI is InChI=1S/C44H51F4N7O3S3/c1-49-21-17-31(29-59-36-8-3-2-4-9-36)26-50-40-16-15-37(25-42(40)60(56)44(46,47)48)61(57,58)53-43-39-20-24-55(28-41(39)51-30-52-43)35-18-22-54(23-19-35)27-33-7-5-6-10-38(33)32-11-13-34(45)14-12-32/h2-8,10-16,25,30-31,35-36,49-50H,9,17-24,26-29H2,1H3,(H,51,52,53). The lowest BCUT2D eigenvalue weighted by atomic mass is 9.96. The minimum Gasteiger partial charge on any atom is -0.384 e. The molecule has 10 nitrogen and oxygen atoms in total. The summed E-state index contributed by atoms with van der Waals surface area (Å²) in [4.78, 5) is 12.4. The number of sulfonamides is 1. The molecule has 0 bridgehead atoms. The van der Waals surface area contributed by atoms with Crippen LogP contribution in [0.1, 0.15) is 42.5 Å². The van der Waals surface area contributed by atoms with Gasteiger partial charge in [0, 0.05) is 43.0 Å². The Labute approximate surface area is 362 Å². The molecule has 0 saturated carbocycles. The van der Waals surface area contributed by atoms with E-state index in [0.717, 1.165) is 68.3 Å². The number of hydrogen-bond donors (Lipinski definition) is 3. The molecule has 326 valence electrons. The van der Waals surface area contributed by atoms with Crippen LogP contribution in [0.3, 0.4) is 0 Å². The van der Waals surface area contributed by atoms with Crippen molar-refractivity contribution in [1.82, 2.24) is 25.1 Å². The van der Waals surface area contributed by atoms with E-state index in [1.807, 2.05) is 31.3 Å². The number of fused-ring (bicyclic) bond motifs is 1. The Balaban J connectivity index is 0.993. The molecule has 1 saturated heterocycles. The Morgan fingerprint density at radius 2 is 1.79 bits per heavy atom. The maximum Gasteiger partial charge on any atom is 0.475 e. The second-order valence-corrected chi connectivity index (χ2v) is 20.0. The Kier molecular flexibility index (Phi) is 15.0. The van der Waals surface area contributed by atoms with Gasteiger partial charge in [0.2, 0.25) is 0 Å². The fourth-order valence-electron chi connectivity index (χ4n) is 8.10. The summed E-state index contributed by atoms with van der Waals surface area (Å²) in [6.07, 6.45) is 13.6. The SMILES string of the molecule is CNCCC(CNc1ccc(S(=O)(=O)Nc2ncnc3c2CCN(C2CCN(Cc4ccccc4-c4ccc(F)cc4)CC2)C3)cc1S(=O)C(F)(F)F)CSC1C=CC=CC1. The number of piperidine rings is 1. The highest BCUT2D eigenvalue weighted by molar-refractivity contribution is 8.00. The van der Waals surface area contributed by atoms with E-state index in [2.05, 4.69) is 59.4 Å². The Morgan fingerprint density at radius 3 is 2.52 bits per heavy atom. The molecular formula is C44H51F4N7O3S3. The van der Waals surface area contributed by atoms with Crippen molar-refractivity contribution in [1.29, 1.82) is 0 Å². The van der Waals surface area contributed by atoms with Crippen molar-refractivity contribution in [3.63, 3.8) is 0 Å². The van der Waals surface area contributed by atoms with Gasteiger partial charge in [-0.25, -0.2) is 27.0 Å². The summed E-state index contributed by atoms with van der Waals surface area (Å²) in [7, 11) is -6.11. The number of anilines is 2. The summed E-state index contributed by atoms with van der Waals surface area (Å²) < 4.78 is 98.5. The third-order valence-corrected chi connectivity index (χ3v) is 15.4. The Hall–Kier alpha value is -4.13. The van der Waals surface area contributed by atoms with Crippen LogP contribution in [0.5, 0.6) is 0 Å². The molecule has 2 aliphatic heterocycles. The summed E-state index contributed by atoms with van der Waals surface area (Å²) in [5, 5.41) is 6.50. The van der Waals surface area contributed by atoms with Crippen molar-refractivity contribution in [3.8, 4) is 11.1 Å². The molecule has 3 N–H and O–H groups in total. The van der Waals surface area contributed by atoms with Gasteiger partial charge in [0.1, 0.15) is 18.0 Å². The number of benzene rings is 3. The largest absolute Gasteiger partial charge is 0.475 e. The molecule has 1 aliphatic carbocycles. The number of aromatic nitrogens is 2. The van der Waals surface area contributed by atoms with Crippen LogP contribution in [-0.4, -0.2) is 94.7 Å². The summed E-state index contributed by atoms with van der Waals surface area (Å²) in [6.45, 7) is 4.74. The third-order valence-electron chi connectivity index (χ3n) is 11.5. The summed E-state index contributed by atoms with van der Waals surface area (Å²) >= 11 is 1.77. The Morgan fingerprint density at radius 1 is 1.00 bits per heavy atom. The van der Waals surface area contributed by atoms with Crippen LogP contribution in [0.2, 0.25) is 0 Å². The molecule has 4 aromatic rings. The smallest absolute Gasteiger partial charge is 0.384 e. The molecular weight excluding hydrogens is 847 g/mol. The van der Waals surface area contributed by atoms with Gasteiger partial charge in [-0.3, -0.25) is 14.5 Å². The lowest BCUT2D eigenvalue weighted by Gasteiger charge is -2.40. The molecule has 0 amide bonds. The second kappa shape index (κ2) is 20.4. The van der Waals surface area contributed by atoms with Gasteiger partial charge >= 0.3 is 5.51 Å². The van der Waals surface area contributed by atoms with Crippen LogP contribution in [0.25, 0.3) is 11.1 Å². The predicted octanol–water partition coefficient (Wildman–Crippen LogP) is 7.99. The van der Waals surface area contributed by atoms with E-state index in [4.69, 9.17) is 0 Å². The highest BCUT2D eigenvalue weighted by Gasteiger charge is 2.40. The van der Waals surface area contributed by atoms with Gasteiger partial charge in [0.25, 0.3) is 10.0 Å². The van der Waals surface area contributed by atoms with Crippen molar-refractivity contribution < 1.29 is 30.2 Å². The highest BCUT2D eigenvalue weighted by atomic mass is 32.2. The number of hydrogen-bond acceptors (Lipinski definition) is 10. The molecule has 3 atom stereocenters. The quantitative estimate of drug-likeness (QED) is 0.0901. The van der Waals surface area contributed by atoms with E-state index >= 15 is 0 Å². The molecule has 61 heavy (non-hydrogen) atoms. The number of nitrogens with one attached hydrogen (secondary N) is 3. The first-order chi connectivity index (χ1) is 29.4. The zero-order valence-electron chi connectivity index (χ0n) is 33.9. The van der Waals surface area contributed by atoms with Crippen LogP contribution in [0.15, 0.2) is 107 Å². The number of allylic oxidation sites excluding steroid dienone is 3. The molecule has 17 heteroatoms. The molecule has 7 rings (SSSR count). The Bertz CT molecular complexity index is 2320. The molecule has 3 aromatic carbocycles. The van der Waals surface area contributed by atoms with E-state index < -0.39 is 36.1 Å². The molecule has 3 heterocycles. The molecule has 1 aromatic heterocycles. The first kappa shape index (κ1) is 44.9. The fourth-order valence-corrected chi connectivity index (χ4v) is 11.3. The van der Waals surface area contributed by atoms with E-state index in [1.165, 1.54) is 36.2 Å². The fraction of sp³-hybridized carbons (Fsp3) is 0.409. The molecule has 3 aliphatic rings. The number of alkyl halides is 3. The first-order valence-corrected chi connectivity index (χ1v) is 24.2. The predicted molar refractivity (Wildman–Crippen MR) is 236 cm³/mol. The minimum absolute atomic E-state index is 0.0327. The molecule has 3 unspecified atom stereocenters. The van der Waals surface area contributed by atoms with Crippen LogP contribution in [0, 0.1) is 11.7 Å². The summed E-state index contributed by atoms with van der Waals surface area (Å²) in [6, 6.07) is 18.4. The van der Waals surface area contributed by atoms with Gasteiger partial charge in [0.15, 0.2) is 10.8 Å². The van der Waals surface area contributed by atoms with Crippen molar-refractivity contribution >= 4 is 44.1 Å². The van der Waals surface area contributed by atoms with Gasteiger partial charge in [-0.2, -0.15) is 24.9 Å². The number of halogens is 4. The maximum atomic E-state index is 14.0. The highest BCUT2D eigenvalue weighted by Crippen LogP contribution is 2.35. The van der Waals surface area contributed by atoms with Gasteiger partial charge in [-0.05, 0) is 117 Å². The van der Waals surface area contributed by atoms with Crippen LogP contribution >= 0.6 is 11.8 Å². The first-order valence-electron chi connectivity index (χ1n) is 20.5. The van der Waals surface area contributed by atoms with E-state index in [1.54, 1.807) is 23.9 Å². The summed E-state index contributed by atoms with van der Waals surface area (Å²) in [5.41, 5.74) is -0.566. The average molecular weight is 898 g/mol. The van der Waals surface area contributed by atoms with Gasteiger partial charge in [-0.1, -0.05) is 60.7 Å². The van der Waals surface area contributed by atoms with Gasteiger partial charge in [0.05, 0.1) is 21.2 Å². The number of rotatable bonds is 17. The van der Waals surface area contributed by atoms with Crippen molar-refractivity contribution in [2.24, 2.45) is 5.92 Å². The van der Waals surface area contributed by atoms with E-state index in [-0.39, 0.29) is 23.2 Å². The van der Waals surface area contributed by atoms with E-state index in [9.17, 15) is 30.2 Å².